The number of nitrogens with zero attached hydrogens (tertiary/aromatic N) is 1. The Morgan fingerprint density at radius 3 is 2.47 bits per heavy atom. The first kappa shape index (κ1) is 14.8. The second kappa shape index (κ2) is 7.25. The van der Waals surface area contributed by atoms with Crippen LogP contribution in [0, 0.1) is 0 Å². The summed E-state index contributed by atoms with van der Waals surface area (Å²) < 4.78 is 5.38. The van der Waals surface area contributed by atoms with Crippen molar-refractivity contribution in [3.63, 3.8) is 0 Å². The molecule has 4 nitrogen and oxygen atoms in total. The molecule has 1 amide bonds. The highest BCUT2D eigenvalue weighted by Gasteiger charge is 2.28. The molecule has 2 aliphatic rings. The van der Waals surface area contributed by atoms with Crippen molar-refractivity contribution in [1.82, 2.24) is 10.2 Å². The van der Waals surface area contributed by atoms with Crippen molar-refractivity contribution in [3.05, 3.63) is 0 Å². The van der Waals surface area contributed by atoms with Crippen LogP contribution in [0.2, 0.25) is 0 Å². The molecule has 1 aliphatic heterocycles. The van der Waals surface area contributed by atoms with Crippen molar-refractivity contribution in [2.45, 2.75) is 70.1 Å². The Labute approximate surface area is 116 Å². The molecule has 1 N–H and O–H groups in total. The van der Waals surface area contributed by atoms with Crippen LogP contribution in [0.4, 0.5) is 0 Å². The smallest absolute Gasteiger partial charge is 0.239 e. The highest BCUT2D eigenvalue weighted by molar-refractivity contribution is 5.81. The summed E-state index contributed by atoms with van der Waals surface area (Å²) in [6.07, 6.45) is 8.50. The quantitative estimate of drug-likeness (QED) is 0.847. The molecule has 3 atom stereocenters. The first-order valence-electron chi connectivity index (χ1n) is 7.78. The molecule has 0 aromatic rings. The average Bonchev–Trinajstić information content (AvgIpc) is 2.70. The standard InChI is InChI=1S/C15H28N2O2/c1-12(16-13-7-8-14(11-13)19-2)15(18)17-9-5-3-4-6-10-17/h12-14,16H,3-11H2,1-2H3. The molecule has 0 spiro atoms. The van der Waals surface area contributed by atoms with Gasteiger partial charge in [-0.05, 0) is 39.0 Å². The third-order valence-corrected chi connectivity index (χ3v) is 4.49. The maximum absolute atomic E-state index is 12.4. The molecule has 2 fully saturated rings. The Bertz CT molecular complexity index is 288. The largest absolute Gasteiger partial charge is 0.381 e. The van der Waals surface area contributed by atoms with E-state index in [2.05, 4.69) is 5.32 Å². The molecule has 1 saturated heterocycles. The van der Waals surface area contributed by atoms with Crippen molar-refractivity contribution in [1.29, 1.82) is 0 Å². The van der Waals surface area contributed by atoms with E-state index in [0.717, 1.165) is 45.2 Å². The molecule has 1 aliphatic carbocycles. The van der Waals surface area contributed by atoms with Crippen LogP contribution in [0.5, 0.6) is 0 Å². The zero-order valence-electron chi connectivity index (χ0n) is 12.4. The Balaban J connectivity index is 1.78. The fraction of sp³-hybridized carbons (Fsp3) is 0.933. The lowest BCUT2D eigenvalue weighted by Gasteiger charge is -2.26. The van der Waals surface area contributed by atoms with Gasteiger partial charge in [0.2, 0.25) is 5.91 Å². The van der Waals surface area contributed by atoms with Gasteiger partial charge in [-0.2, -0.15) is 0 Å². The van der Waals surface area contributed by atoms with Crippen LogP contribution in [-0.4, -0.2) is 49.2 Å². The Morgan fingerprint density at radius 2 is 1.89 bits per heavy atom. The molecule has 0 bridgehead atoms. The highest BCUT2D eigenvalue weighted by Crippen LogP contribution is 2.22. The van der Waals surface area contributed by atoms with Gasteiger partial charge >= 0.3 is 0 Å². The monoisotopic (exact) mass is 268 g/mol. The third kappa shape index (κ3) is 4.18. The van der Waals surface area contributed by atoms with E-state index in [1.807, 2.05) is 11.8 Å². The van der Waals surface area contributed by atoms with Crippen LogP contribution in [0.15, 0.2) is 0 Å². The SMILES string of the molecule is COC1CCC(NC(C)C(=O)N2CCCCCC2)C1. The van der Waals surface area contributed by atoms with Gasteiger partial charge < -0.3 is 15.0 Å². The van der Waals surface area contributed by atoms with Gasteiger partial charge in [0.15, 0.2) is 0 Å². The second-order valence-electron chi connectivity index (χ2n) is 6.00. The maximum Gasteiger partial charge on any atom is 0.239 e. The molecular formula is C15H28N2O2. The van der Waals surface area contributed by atoms with Crippen LogP contribution >= 0.6 is 0 Å². The van der Waals surface area contributed by atoms with E-state index < -0.39 is 0 Å². The molecule has 1 saturated carbocycles. The summed E-state index contributed by atoms with van der Waals surface area (Å²) in [5.41, 5.74) is 0. The molecule has 0 radical (unpaired) electrons. The first-order valence-corrected chi connectivity index (χ1v) is 7.78. The molecule has 2 rings (SSSR count). The summed E-state index contributed by atoms with van der Waals surface area (Å²) >= 11 is 0. The van der Waals surface area contributed by atoms with Crippen molar-refractivity contribution in [2.24, 2.45) is 0 Å². The molecule has 19 heavy (non-hydrogen) atoms. The molecule has 0 aromatic heterocycles. The summed E-state index contributed by atoms with van der Waals surface area (Å²) in [5, 5.41) is 3.49. The van der Waals surface area contributed by atoms with Crippen molar-refractivity contribution < 1.29 is 9.53 Å². The number of nitrogens with one attached hydrogen (secondary N) is 1. The highest BCUT2D eigenvalue weighted by atomic mass is 16.5. The van der Waals surface area contributed by atoms with E-state index in [9.17, 15) is 4.79 Å². The number of methoxy groups -OCH3 is 1. The van der Waals surface area contributed by atoms with Gasteiger partial charge in [0.05, 0.1) is 12.1 Å². The van der Waals surface area contributed by atoms with Crippen LogP contribution in [-0.2, 0) is 9.53 Å². The normalized spacial score (nSPS) is 30.1. The average molecular weight is 268 g/mol. The summed E-state index contributed by atoms with van der Waals surface area (Å²) in [5.74, 6) is 0.280. The zero-order valence-corrected chi connectivity index (χ0v) is 12.4. The topological polar surface area (TPSA) is 41.6 Å². The third-order valence-electron chi connectivity index (χ3n) is 4.49. The molecule has 110 valence electrons. The van der Waals surface area contributed by atoms with Crippen molar-refractivity contribution >= 4 is 5.91 Å². The van der Waals surface area contributed by atoms with Crippen LogP contribution in [0.25, 0.3) is 0 Å². The lowest BCUT2D eigenvalue weighted by molar-refractivity contribution is -0.133. The molecule has 3 unspecified atom stereocenters. The number of hydrogen-bond acceptors (Lipinski definition) is 3. The molecule has 1 heterocycles. The van der Waals surface area contributed by atoms with Gasteiger partial charge in [-0.3, -0.25) is 4.79 Å². The minimum atomic E-state index is -0.0568. The number of ether oxygens (including phenoxy) is 1. The summed E-state index contributed by atoms with van der Waals surface area (Å²) in [7, 11) is 1.78. The molecular weight excluding hydrogens is 240 g/mol. The van der Waals surface area contributed by atoms with E-state index in [0.29, 0.717) is 12.1 Å². The molecule has 0 aromatic carbocycles. The minimum Gasteiger partial charge on any atom is -0.381 e. The van der Waals surface area contributed by atoms with E-state index >= 15 is 0 Å². The fourth-order valence-corrected chi connectivity index (χ4v) is 3.30. The van der Waals surface area contributed by atoms with Crippen LogP contribution < -0.4 is 5.32 Å². The number of carbonyl (C=O) groups excluding carboxylic acids is 1. The van der Waals surface area contributed by atoms with E-state index in [1.165, 1.54) is 12.8 Å². The van der Waals surface area contributed by atoms with Gasteiger partial charge in [-0.1, -0.05) is 12.8 Å². The number of amides is 1. The number of likely N-dealkylation sites (tertiary alicyclic amines) is 1. The summed E-state index contributed by atoms with van der Waals surface area (Å²) in [4.78, 5) is 14.5. The van der Waals surface area contributed by atoms with E-state index in [1.54, 1.807) is 7.11 Å². The van der Waals surface area contributed by atoms with E-state index in [-0.39, 0.29) is 11.9 Å². The number of carbonyl (C=O) groups is 1. The Kier molecular flexibility index (Phi) is 5.64. The lowest BCUT2D eigenvalue weighted by Crippen LogP contribution is -2.48. The summed E-state index contributed by atoms with van der Waals surface area (Å²) in [6, 6.07) is 0.384. The molecule has 4 heteroatoms. The predicted molar refractivity (Wildman–Crippen MR) is 76.1 cm³/mol. The maximum atomic E-state index is 12.4. The van der Waals surface area contributed by atoms with Gasteiger partial charge in [0, 0.05) is 26.2 Å². The minimum absolute atomic E-state index is 0.0568. The van der Waals surface area contributed by atoms with Crippen molar-refractivity contribution in [3.8, 4) is 0 Å². The fourth-order valence-electron chi connectivity index (χ4n) is 3.30. The predicted octanol–water partition coefficient (Wildman–Crippen LogP) is 1.93. The van der Waals surface area contributed by atoms with Crippen LogP contribution in [0.3, 0.4) is 0 Å². The van der Waals surface area contributed by atoms with Crippen LogP contribution in [0.1, 0.15) is 51.9 Å². The van der Waals surface area contributed by atoms with Gasteiger partial charge in [-0.15, -0.1) is 0 Å². The van der Waals surface area contributed by atoms with Gasteiger partial charge in [0.1, 0.15) is 0 Å². The summed E-state index contributed by atoms with van der Waals surface area (Å²) in [6.45, 7) is 3.89. The second-order valence-corrected chi connectivity index (χ2v) is 6.00. The van der Waals surface area contributed by atoms with Crippen molar-refractivity contribution in [2.75, 3.05) is 20.2 Å². The van der Waals surface area contributed by atoms with Gasteiger partial charge in [0.25, 0.3) is 0 Å². The Hall–Kier alpha value is -0.610. The van der Waals surface area contributed by atoms with Gasteiger partial charge in [-0.25, -0.2) is 0 Å². The lowest BCUT2D eigenvalue weighted by atomic mass is 10.2. The number of rotatable bonds is 4. The zero-order chi connectivity index (χ0) is 13.7. The number of hydrogen-bond donors (Lipinski definition) is 1. The Morgan fingerprint density at radius 1 is 1.21 bits per heavy atom. The first-order chi connectivity index (χ1) is 9.20. The van der Waals surface area contributed by atoms with E-state index in [4.69, 9.17) is 4.74 Å².